The quantitative estimate of drug-likeness (QED) is 0.910. The molecule has 15 heavy (non-hydrogen) atoms. The zero-order chi connectivity index (χ0) is 10.8. The lowest BCUT2D eigenvalue weighted by molar-refractivity contribution is 0.156. The van der Waals surface area contributed by atoms with E-state index in [2.05, 4.69) is 15.9 Å². The number of ether oxygens (including phenoxy) is 1. The molecule has 0 heterocycles. The van der Waals surface area contributed by atoms with Crippen LogP contribution in [-0.2, 0) is 0 Å². The van der Waals surface area contributed by atoms with Crippen LogP contribution < -0.4 is 4.74 Å². The fraction of sp³-hybridized carbons (Fsp3) is 0.500. The zero-order valence-electron chi connectivity index (χ0n) is 8.74. The lowest BCUT2D eigenvalue weighted by atomic mass is 10.0. The Hall–Kier alpha value is -0.540. The molecule has 0 aromatic heterocycles. The molecule has 1 aromatic rings. The van der Waals surface area contributed by atoms with Crippen molar-refractivity contribution in [3.05, 3.63) is 28.2 Å². The molecule has 0 bridgehead atoms. The van der Waals surface area contributed by atoms with Crippen LogP contribution >= 0.6 is 15.9 Å². The van der Waals surface area contributed by atoms with E-state index in [1.54, 1.807) is 7.11 Å². The minimum Gasteiger partial charge on any atom is -0.496 e. The number of methoxy groups -OCH3 is 1. The molecule has 2 nitrogen and oxygen atoms in total. The van der Waals surface area contributed by atoms with Crippen molar-refractivity contribution in [2.75, 3.05) is 7.11 Å². The lowest BCUT2D eigenvalue weighted by Crippen LogP contribution is -2.01. The standard InChI is InChI=1S/C12H15BrO2/c1-15-12-7-9(13)4-5-10(12)11(14)6-8-2-3-8/h4-5,7-8,11,14H,2-3,6H2,1H3. The number of benzene rings is 1. The second-order valence-electron chi connectivity index (χ2n) is 4.08. The van der Waals surface area contributed by atoms with E-state index < -0.39 is 0 Å². The Bertz CT molecular complexity index is 347. The van der Waals surface area contributed by atoms with Crippen LogP contribution in [0.15, 0.2) is 22.7 Å². The average molecular weight is 271 g/mol. The molecular weight excluding hydrogens is 256 g/mol. The van der Waals surface area contributed by atoms with Crippen molar-refractivity contribution in [3.8, 4) is 5.75 Å². The number of aliphatic hydroxyl groups excluding tert-OH is 1. The normalized spacial score (nSPS) is 17.5. The molecule has 1 aromatic carbocycles. The first-order chi connectivity index (χ1) is 7.20. The highest BCUT2D eigenvalue weighted by Gasteiger charge is 2.26. The summed E-state index contributed by atoms with van der Waals surface area (Å²) in [5.74, 6) is 1.48. The molecule has 0 radical (unpaired) electrons. The molecule has 1 N–H and O–H groups in total. The smallest absolute Gasteiger partial charge is 0.125 e. The van der Waals surface area contributed by atoms with Gasteiger partial charge in [-0.15, -0.1) is 0 Å². The van der Waals surface area contributed by atoms with Gasteiger partial charge in [0.1, 0.15) is 5.75 Å². The third-order valence-electron chi connectivity index (χ3n) is 2.81. The van der Waals surface area contributed by atoms with Gasteiger partial charge in [0.25, 0.3) is 0 Å². The number of halogens is 1. The third kappa shape index (κ3) is 2.73. The summed E-state index contributed by atoms with van der Waals surface area (Å²) in [6.07, 6.45) is 2.99. The molecule has 1 fully saturated rings. The molecule has 3 heteroatoms. The topological polar surface area (TPSA) is 29.5 Å². The van der Waals surface area contributed by atoms with Gasteiger partial charge in [0.15, 0.2) is 0 Å². The van der Waals surface area contributed by atoms with Crippen molar-refractivity contribution in [2.45, 2.75) is 25.4 Å². The fourth-order valence-electron chi connectivity index (χ4n) is 1.76. The summed E-state index contributed by atoms with van der Waals surface area (Å²) in [5.41, 5.74) is 0.896. The summed E-state index contributed by atoms with van der Waals surface area (Å²) >= 11 is 3.39. The SMILES string of the molecule is COc1cc(Br)ccc1C(O)CC1CC1. The van der Waals surface area contributed by atoms with Crippen LogP contribution in [0.25, 0.3) is 0 Å². The maximum atomic E-state index is 10.0. The van der Waals surface area contributed by atoms with E-state index in [-0.39, 0.29) is 6.10 Å². The van der Waals surface area contributed by atoms with Crippen molar-refractivity contribution < 1.29 is 9.84 Å². The van der Waals surface area contributed by atoms with Crippen LogP contribution in [0.5, 0.6) is 5.75 Å². The number of hydrogen-bond donors (Lipinski definition) is 1. The van der Waals surface area contributed by atoms with E-state index in [9.17, 15) is 5.11 Å². The molecule has 1 atom stereocenters. The van der Waals surface area contributed by atoms with Gasteiger partial charge in [0.05, 0.1) is 13.2 Å². The van der Waals surface area contributed by atoms with Crippen molar-refractivity contribution in [1.29, 1.82) is 0 Å². The molecule has 1 aliphatic rings. The van der Waals surface area contributed by atoms with Crippen LogP contribution in [-0.4, -0.2) is 12.2 Å². The summed E-state index contributed by atoms with van der Waals surface area (Å²) in [6, 6.07) is 5.76. The summed E-state index contributed by atoms with van der Waals surface area (Å²) in [7, 11) is 1.63. The molecule has 82 valence electrons. The van der Waals surface area contributed by atoms with Crippen LogP contribution in [0, 0.1) is 5.92 Å². The summed E-state index contributed by atoms with van der Waals surface area (Å²) < 4.78 is 6.23. The van der Waals surface area contributed by atoms with E-state index in [0.29, 0.717) is 5.92 Å². The van der Waals surface area contributed by atoms with E-state index in [1.165, 1.54) is 12.8 Å². The van der Waals surface area contributed by atoms with E-state index in [0.717, 1.165) is 22.2 Å². The van der Waals surface area contributed by atoms with Crippen molar-refractivity contribution >= 4 is 15.9 Å². The van der Waals surface area contributed by atoms with Crippen LogP contribution in [0.2, 0.25) is 0 Å². The first-order valence-corrected chi connectivity index (χ1v) is 6.01. The predicted octanol–water partition coefficient (Wildman–Crippen LogP) is 3.29. The Labute approximate surface area is 98.4 Å². The molecule has 1 unspecified atom stereocenters. The first kappa shape index (κ1) is 11.0. The maximum absolute atomic E-state index is 10.0. The number of rotatable bonds is 4. The Morgan fingerprint density at radius 3 is 2.87 bits per heavy atom. The summed E-state index contributed by atoms with van der Waals surface area (Å²) in [6.45, 7) is 0. The van der Waals surface area contributed by atoms with Gasteiger partial charge < -0.3 is 9.84 Å². The summed E-state index contributed by atoms with van der Waals surface area (Å²) in [4.78, 5) is 0. The van der Waals surface area contributed by atoms with Gasteiger partial charge in [-0.1, -0.05) is 34.8 Å². The zero-order valence-corrected chi connectivity index (χ0v) is 10.3. The van der Waals surface area contributed by atoms with Crippen LogP contribution in [0.3, 0.4) is 0 Å². The van der Waals surface area contributed by atoms with Crippen molar-refractivity contribution in [3.63, 3.8) is 0 Å². The third-order valence-corrected chi connectivity index (χ3v) is 3.30. The first-order valence-electron chi connectivity index (χ1n) is 5.22. The van der Waals surface area contributed by atoms with E-state index in [1.807, 2.05) is 18.2 Å². The van der Waals surface area contributed by atoms with Gasteiger partial charge in [-0.2, -0.15) is 0 Å². The maximum Gasteiger partial charge on any atom is 0.125 e. The molecular formula is C12H15BrO2. The Balaban J connectivity index is 2.17. The molecule has 0 amide bonds. The molecule has 0 spiro atoms. The van der Waals surface area contributed by atoms with Crippen molar-refractivity contribution in [1.82, 2.24) is 0 Å². The Morgan fingerprint density at radius 2 is 2.27 bits per heavy atom. The van der Waals surface area contributed by atoms with Crippen LogP contribution in [0.1, 0.15) is 30.9 Å². The summed E-state index contributed by atoms with van der Waals surface area (Å²) in [5, 5.41) is 10.0. The van der Waals surface area contributed by atoms with Gasteiger partial charge in [-0.05, 0) is 24.5 Å². The average Bonchev–Trinajstić information content (AvgIpc) is 3.01. The van der Waals surface area contributed by atoms with Gasteiger partial charge in [-0.25, -0.2) is 0 Å². The van der Waals surface area contributed by atoms with Crippen molar-refractivity contribution in [2.24, 2.45) is 5.92 Å². The Morgan fingerprint density at radius 1 is 1.53 bits per heavy atom. The van der Waals surface area contributed by atoms with Gasteiger partial charge >= 0.3 is 0 Å². The molecule has 0 saturated heterocycles. The monoisotopic (exact) mass is 270 g/mol. The van der Waals surface area contributed by atoms with Gasteiger partial charge in [0, 0.05) is 10.0 Å². The van der Waals surface area contributed by atoms with E-state index in [4.69, 9.17) is 4.74 Å². The van der Waals surface area contributed by atoms with E-state index >= 15 is 0 Å². The fourth-order valence-corrected chi connectivity index (χ4v) is 2.10. The second-order valence-corrected chi connectivity index (χ2v) is 5.00. The predicted molar refractivity (Wildman–Crippen MR) is 63.0 cm³/mol. The lowest BCUT2D eigenvalue weighted by Gasteiger charge is -2.14. The highest BCUT2D eigenvalue weighted by molar-refractivity contribution is 9.10. The Kier molecular flexibility index (Phi) is 3.32. The van der Waals surface area contributed by atoms with Gasteiger partial charge in [-0.3, -0.25) is 0 Å². The minimum atomic E-state index is -0.388. The van der Waals surface area contributed by atoms with Gasteiger partial charge in [0.2, 0.25) is 0 Å². The molecule has 1 saturated carbocycles. The number of aliphatic hydroxyl groups is 1. The minimum absolute atomic E-state index is 0.388. The van der Waals surface area contributed by atoms with Crippen LogP contribution in [0.4, 0.5) is 0 Å². The highest BCUT2D eigenvalue weighted by Crippen LogP contribution is 2.40. The number of hydrogen-bond acceptors (Lipinski definition) is 2. The molecule has 1 aliphatic carbocycles. The largest absolute Gasteiger partial charge is 0.496 e. The molecule has 2 rings (SSSR count). The second kappa shape index (κ2) is 4.54. The highest BCUT2D eigenvalue weighted by atomic mass is 79.9. The molecule has 0 aliphatic heterocycles.